The second-order valence-corrected chi connectivity index (χ2v) is 6.00. The first-order valence-corrected chi connectivity index (χ1v) is 8.04. The number of pyridine rings is 1. The lowest BCUT2D eigenvalue weighted by Crippen LogP contribution is -2.46. The molecule has 0 bridgehead atoms. The first-order chi connectivity index (χ1) is 11.6. The van der Waals surface area contributed by atoms with Crippen LogP contribution in [0.3, 0.4) is 0 Å². The fourth-order valence-corrected chi connectivity index (χ4v) is 2.98. The van der Waals surface area contributed by atoms with E-state index >= 15 is 0 Å². The Labute approximate surface area is 140 Å². The minimum absolute atomic E-state index is 0.121. The standard InChI is InChI=1S/C17H21N5O2/c1-20(15-5-3-4-10-18-15)13-8-11-22(12-9-13)17(24)14-6-7-16(23)21(2)19-14/h3-7,10,13H,8-9,11-12H2,1-2H3. The summed E-state index contributed by atoms with van der Waals surface area (Å²) in [6, 6.07) is 9.10. The van der Waals surface area contributed by atoms with Crippen molar-refractivity contribution in [2.75, 3.05) is 25.0 Å². The maximum Gasteiger partial charge on any atom is 0.274 e. The van der Waals surface area contributed by atoms with Crippen LogP contribution in [-0.4, -0.2) is 51.8 Å². The van der Waals surface area contributed by atoms with Crippen LogP contribution in [0.1, 0.15) is 23.3 Å². The van der Waals surface area contributed by atoms with Gasteiger partial charge >= 0.3 is 0 Å². The van der Waals surface area contributed by atoms with Crippen molar-refractivity contribution in [2.24, 2.45) is 7.05 Å². The monoisotopic (exact) mass is 327 g/mol. The smallest absolute Gasteiger partial charge is 0.274 e. The number of nitrogens with zero attached hydrogens (tertiary/aromatic N) is 5. The fraction of sp³-hybridized carbons (Fsp3) is 0.412. The lowest BCUT2D eigenvalue weighted by atomic mass is 10.0. The summed E-state index contributed by atoms with van der Waals surface area (Å²) in [5.41, 5.74) is 0.0934. The molecule has 0 radical (unpaired) electrons. The largest absolute Gasteiger partial charge is 0.357 e. The highest BCUT2D eigenvalue weighted by Gasteiger charge is 2.27. The molecule has 7 heteroatoms. The Kier molecular flexibility index (Phi) is 4.59. The van der Waals surface area contributed by atoms with Gasteiger partial charge in [0.25, 0.3) is 11.5 Å². The van der Waals surface area contributed by atoms with Crippen LogP contribution in [0.5, 0.6) is 0 Å². The number of carbonyl (C=O) groups excluding carboxylic acids is 1. The predicted molar refractivity (Wildman–Crippen MR) is 91.0 cm³/mol. The quantitative estimate of drug-likeness (QED) is 0.838. The summed E-state index contributed by atoms with van der Waals surface area (Å²) in [6.45, 7) is 1.34. The summed E-state index contributed by atoms with van der Waals surface area (Å²) in [4.78, 5) is 32.3. The van der Waals surface area contributed by atoms with Crippen molar-refractivity contribution < 1.29 is 4.79 Å². The summed E-state index contributed by atoms with van der Waals surface area (Å²) in [6.07, 6.45) is 3.55. The number of aryl methyl sites for hydroxylation is 1. The number of hydrogen-bond donors (Lipinski definition) is 0. The molecule has 1 fully saturated rings. The van der Waals surface area contributed by atoms with E-state index in [0.29, 0.717) is 24.8 Å². The summed E-state index contributed by atoms with van der Waals surface area (Å²) in [7, 11) is 3.59. The Morgan fingerprint density at radius 2 is 1.96 bits per heavy atom. The molecule has 2 aromatic heterocycles. The normalized spacial score (nSPS) is 15.3. The van der Waals surface area contributed by atoms with Crippen molar-refractivity contribution in [3.05, 3.63) is 52.6 Å². The molecule has 1 saturated heterocycles. The molecule has 3 heterocycles. The maximum absolute atomic E-state index is 12.5. The third-order valence-corrected chi connectivity index (χ3v) is 4.49. The molecule has 1 amide bonds. The Balaban J connectivity index is 1.63. The van der Waals surface area contributed by atoms with Gasteiger partial charge in [-0.1, -0.05) is 6.07 Å². The third-order valence-electron chi connectivity index (χ3n) is 4.49. The lowest BCUT2D eigenvalue weighted by Gasteiger charge is -2.37. The molecule has 3 rings (SSSR count). The number of piperidine rings is 1. The number of hydrogen-bond acceptors (Lipinski definition) is 5. The van der Waals surface area contributed by atoms with Gasteiger partial charge in [-0.3, -0.25) is 9.59 Å². The third kappa shape index (κ3) is 3.29. The average molecular weight is 327 g/mol. The predicted octanol–water partition coefficient (Wildman–Crippen LogP) is 0.916. The molecule has 1 aliphatic heterocycles. The summed E-state index contributed by atoms with van der Waals surface area (Å²) < 4.78 is 1.19. The highest BCUT2D eigenvalue weighted by atomic mass is 16.2. The SMILES string of the molecule is CN(c1ccccn1)C1CCN(C(=O)c2ccc(=O)n(C)n2)CC1. The molecule has 0 saturated carbocycles. The zero-order chi connectivity index (χ0) is 17.1. The highest BCUT2D eigenvalue weighted by Crippen LogP contribution is 2.20. The molecule has 0 spiro atoms. The van der Waals surface area contributed by atoms with Crippen LogP contribution in [0.25, 0.3) is 0 Å². The number of carbonyl (C=O) groups is 1. The van der Waals surface area contributed by atoms with E-state index in [0.717, 1.165) is 18.7 Å². The van der Waals surface area contributed by atoms with Crippen molar-refractivity contribution in [1.29, 1.82) is 0 Å². The minimum atomic E-state index is -0.220. The number of rotatable bonds is 3. The van der Waals surface area contributed by atoms with E-state index < -0.39 is 0 Å². The van der Waals surface area contributed by atoms with E-state index in [1.165, 1.54) is 16.8 Å². The van der Waals surface area contributed by atoms with Gasteiger partial charge in [0.15, 0.2) is 0 Å². The van der Waals surface area contributed by atoms with Crippen molar-refractivity contribution >= 4 is 11.7 Å². The van der Waals surface area contributed by atoms with Crippen molar-refractivity contribution in [3.8, 4) is 0 Å². The first kappa shape index (κ1) is 16.2. The molecule has 7 nitrogen and oxygen atoms in total. The molecule has 2 aromatic rings. The second-order valence-electron chi connectivity index (χ2n) is 6.00. The van der Waals surface area contributed by atoms with Gasteiger partial charge in [0, 0.05) is 45.5 Å². The molecule has 0 aromatic carbocycles. The van der Waals surface area contributed by atoms with E-state index in [-0.39, 0.29) is 11.5 Å². The topological polar surface area (TPSA) is 71.3 Å². The van der Waals surface area contributed by atoms with Crippen molar-refractivity contribution in [3.63, 3.8) is 0 Å². The van der Waals surface area contributed by atoms with Gasteiger partial charge in [0.1, 0.15) is 11.5 Å². The fourth-order valence-electron chi connectivity index (χ4n) is 2.98. The van der Waals surface area contributed by atoms with Gasteiger partial charge in [-0.05, 0) is 31.0 Å². The zero-order valence-electron chi connectivity index (χ0n) is 13.9. The molecule has 0 unspecified atom stereocenters. The summed E-state index contributed by atoms with van der Waals surface area (Å²) in [5, 5.41) is 4.04. The van der Waals surface area contributed by atoms with Gasteiger partial charge in [0.2, 0.25) is 0 Å². The van der Waals surface area contributed by atoms with Gasteiger partial charge in [-0.25, -0.2) is 9.67 Å². The van der Waals surface area contributed by atoms with Gasteiger partial charge in [-0.2, -0.15) is 5.10 Å². The highest BCUT2D eigenvalue weighted by molar-refractivity contribution is 5.92. The summed E-state index contributed by atoms with van der Waals surface area (Å²) >= 11 is 0. The number of aromatic nitrogens is 3. The van der Waals surface area contributed by atoms with Crippen LogP contribution in [-0.2, 0) is 7.05 Å². The number of amides is 1. The van der Waals surface area contributed by atoms with Crippen LogP contribution in [0, 0.1) is 0 Å². The Bertz CT molecular complexity index is 766. The number of anilines is 1. The molecular weight excluding hydrogens is 306 g/mol. The Morgan fingerprint density at radius 1 is 1.21 bits per heavy atom. The van der Waals surface area contributed by atoms with Crippen LogP contribution in [0.15, 0.2) is 41.3 Å². The average Bonchev–Trinajstić information content (AvgIpc) is 2.63. The van der Waals surface area contributed by atoms with Crippen molar-refractivity contribution in [1.82, 2.24) is 19.7 Å². The zero-order valence-corrected chi connectivity index (χ0v) is 13.9. The van der Waals surface area contributed by atoms with Gasteiger partial charge in [0.05, 0.1) is 0 Å². The van der Waals surface area contributed by atoms with Gasteiger partial charge < -0.3 is 9.80 Å². The van der Waals surface area contributed by atoms with Gasteiger partial charge in [-0.15, -0.1) is 0 Å². The molecule has 1 aliphatic rings. The van der Waals surface area contributed by atoms with E-state index in [4.69, 9.17) is 0 Å². The van der Waals surface area contributed by atoms with E-state index in [2.05, 4.69) is 15.0 Å². The maximum atomic E-state index is 12.5. The lowest BCUT2D eigenvalue weighted by molar-refractivity contribution is 0.0704. The van der Waals surface area contributed by atoms with Crippen molar-refractivity contribution in [2.45, 2.75) is 18.9 Å². The molecular formula is C17H21N5O2. The van der Waals surface area contributed by atoms with E-state index in [1.54, 1.807) is 18.1 Å². The van der Waals surface area contributed by atoms with Crippen LogP contribution in [0.2, 0.25) is 0 Å². The summed E-state index contributed by atoms with van der Waals surface area (Å²) in [5.74, 6) is 0.826. The molecule has 0 aliphatic carbocycles. The molecule has 126 valence electrons. The molecule has 0 N–H and O–H groups in total. The molecule has 0 atom stereocenters. The Hall–Kier alpha value is -2.70. The van der Waals surface area contributed by atoms with Crippen LogP contribution < -0.4 is 10.5 Å². The van der Waals surface area contributed by atoms with Crippen LogP contribution >= 0.6 is 0 Å². The number of likely N-dealkylation sites (tertiary alicyclic amines) is 1. The Morgan fingerprint density at radius 3 is 2.58 bits per heavy atom. The first-order valence-electron chi connectivity index (χ1n) is 8.04. The second kappa shape index (κ2) is 6.82. The van der Waals surface area contributed by atoms with Crippen LogP contribution in [0.4, 0.5) is 5.82 Å². The van der Waals surface area contributed by atoms with E-state index in [1.807, 2.05) is 25.2 Å². The van der Waals surface area contributed by atoms with E-state index in [9.17, 15) is 9.59 Å². The molecule has 24 heavy (non-hydrogen) atoms. The minimum Gasteiger partial charge on any atom is -0.357 e.